The van der Waals surface area contributed by atoms with Gasteiger partial charge in [-0.05, 0) is 19.4 Å². The highest BCUT2D eigenvalue weighted by molar-refractivity contribution is 5.72. The van der Waals surface area contributed by atoms with E-state index in [1.807, 2.05) is 25.1 Å². The van der Waals surface area contributed by atoms with Crippen LogP contribution < -0.4 is 22.7 Å². The molecule has 1 aromatic heterocycles. The maximum absolute atomic E-state index is 12.2. The molecule has 0 aromatic carbocycles. The lowest BCUT2D eigenvalue weighted by Crippen LogP contribution is -3.00. The number of amides is 1. The van der Waals surface area contributed by atoms with Gasteiger partial charge >= 0.3 is 5.97 Å². The smallest absolute Gasteiger partial charge is 0.306 e. The molecule has 0 aliphatic heterocycles. The molecule has 0 bridgehead atoms. The zero-order chi connectivity index (χ0) is 23.4. The van der Waals surface area contributed by atoms with Crippen molar-refractivity contribution in [3.05, 3.63) is 30.1 Å². The number of nitrogens with two attached hydrogens (primary N) is 1. The fourth-order valence-corrected chi connectivity index (χ4v) is 4.13. The summed E-state index contributed by atoms with van der Waals surface area (Å²) in [6, 6.07) is 5.55. The number of carbonyl (C=O) groups is 2. The van der Waals surface area contributed by atoms with Gasteiger partial charge in [0, 0.05) is 18.6 Å². The lowest BCUT2D eigenvalue weighted by atomic mass is 10.0. The zero-order valence-electron chi connectivity index (χ0n) is 21.0. The van der Waals surface area contributed by atoms with Crippen LogP contribution in [0.5, 0.6) is 0 Å². The molecule has 0 fully saturated rings. The quantitative estimate of drug-likeness (QED) is 0.176. The Morgan fingerprint density at radius 1 is 0.848 bits per heavy atom. The minimum absolute atomic E-state index is 0. The van der Waals surface area contributed by atoms with Crippen molar-refractivity contribution in [2.45, 2.75) is 129 Å². The Hall–Kier alpha value is -1.62. The highest BCUT2D eigenvalue weighted by Crippen LogP contribution is 2.16. The maximum Gasteiger partial charge on any atom is 0.306 e. The van der Waals surface area contributed by atoms with E-state index in [1.54, 1.807) is 10.8 Å². The standard InChI is InChI=1S/C27H46N2O3.ClH/c1-3-4-5-6-7-8-9-10-11-12-13-14-15-16-17-21-27(31)32-24(2)25-20-18-19-22-29(25)23-26(28)30;/h18-20,22,24H,3-17,21,23H2,1-2H3,(H-,28,30);1H. The number of aromatic nitrogens is 1. The van der Waals surface area contributed by atoms with Crippen molar-refractivity contribution < 1.29 is 31.3 Å². The molecule has 0 saturated heterocycles. The first-order chi connectivity index (χ1) is 15.5. The van der Waals surface area contributed by atoms with Crippen LogP contribution in [-0.4, -0.2) is 11.9 Å². The van der Waals surface area contributed by atoms with E-state index in [4.69, 9.17) is 10.5 Å². The van der Waals surface area contributed by atoms with Crippen LogP contribution in [0.3, 0.4) is 0 Å². The normalized spacial score (nSPS) is 11.6. The van der Waals surface area contributed by atoms with Crippen LogP contribution >= 0.6 is 0 Å². The maximum atomic E-state index is 12.2. The molecule has 1 heterocycles. The van der Waals surface area contributed by atoms with E-state index in [1.165, 1.54) is 83.5 Å². The first kappa shape index (κ1) is 31.4. The Morgan fingerprint density at radius 2 is 1.33 bits per heavy atom. The van der Waals surface area contributed by atoms with Gasteiger partial charge in [-0.1, -0.05) is 96.8 Å². The van der Waals surface area contributed by atoms with Crippen molar-refractivity contribution in [3.63, 3.8) is 0 Å². The lowest BCUT2D eigenvalue weighted by molar-refractivity contribution is -0.694. The summed E-state index contributed by atoms with van der Waals surface area (Å²) in [5.41, 5.74) is 6.07. The average molecular weight is 483 g/mol. The third-order valence-corrected chi connectivity index (χ3v) is 6.01. The number of hydrogen-bond acceptors (Lipinski definition) is 3. The molecule has 0 aliphatic rings. The van der Waals surface area contributed by atoms with Crippen LogP contribution in [0, 0.1) is 0 Å². The number of halogens is 1. The van der Waals surface area contributed by atoms with E-state index >= 15 is 0 Å². The number of pyridine rings is 1. The fourth-order valence-electron chi connectivity index (χ4n) is 4.13. The largest absolute Gasteiger partial charge is 1.00 e. The summed E-state index contributed by atoms with van der Waals surface area (Å²) in [4.78, 5) is 23.4. The van der Waals surface area contributed by atoms with Crippen molar-refractivity contribution in [1.29, 1.82) is 0 Å². The van der Waals surface area contributed by atoms with E-state index in [0.717, 1.165) is 18.5 Å². The summed E-state index contributed by atoms with van der Waals surface area (Å²) in [7, 11) is 0. The summed E-state index contributed by atoms with van der Waals surface area (Å²) < 4.78 is 7.30. The minimum Gasteiger partial charge on any atom is -1.00 e. The fraction of sp³-hybridized carbons (Fsp3) is 0.741. The van der Waals surface area contributed by atoms with Gasteiger partial charge < -0.3 is 22.9 Å². The van der Waals surface area contributed by atoms with Gasteiger partial charge in [-0.2, -0.15) is 4.57 Å². The number of nitrogens with zero attached hydrogens (tertiary/aromatic N) is 1. The Labute approximate surface area is 208 Å². The van der Waals surface area contributed by atoms with Gasteiger partial charge in [0.25, 0.3) is 5.91 Å². The molecule has 33 heavy (non-hydrogen) atoms. The molecule has 1 aromatic rings. The Kier molecular flexibility index (Phi) is 19.9. The Bertz CT molecular complexity index is 640. The van der Waals surface area contributed by atoms with Crippen molar-refractivity contribution in [2.75, 3.05) is 0 Å². The van der Waals surface area contributed by atoms with Crippen molar-refractivity contribution in [3.8, 4) is 0 Å². The van der Waals surface area contributed by atoms with Crippen molar-refractivity contribution in [1.82, 2.24) is 0 Å². The number of esters is 1. The number of hydrogen-bond donors (Lipinski definition) is 1. The lowest BCUT2D eigenvalue weighted by Gasteiger charge is -2.12. The Morgan fingerprint density at radius 3 is 1.82 bits per heavy atom. The predicted molar refractivity (Wildman–Crippen MR) is 130 cm³/mol. The van der Waals surface area contributed by atoms with Gasteiger partial charge in [-0.15, -0.1) is 0 Å². The molecule has 6 heteroatoms. The summed E-state index contributed by atoms with van der Waals surface area (Å²) in [5.74, 6) is -0.597. The molecule has 1 rings (SSSR count). The predicted octanol–water partition coefficient (Wildman–Crippen LogP) is 3.33. The molecule has 2 N–H and O–H groups in total. The van der Waals surface area contributed by atoms with Gasteiger partial charge in [0.2, 0.25) is 12.2 Å². The summed E-state index contributed by atoms with van der Waals surface area (Å²) in [5, 5.41) is 0. The molecule has 0 spiro atoms. The SMILES string of the molecule is CCCCCCCCCCCCCCCCCC(=O)OC(C)c1cccc[n+]1CC(N)=O.[Cl-]. The molecule has 1 unspecified atom stereocenters. The van der Waals surface area contributed by atoms with Crippen LogP contribution in [-0.2, 0) is 20.9 Å². The highest BCUT2D eigenvalue weighted by Gasteiger charge is 2.22. The Balaban J connectivity index is 0.0000102. The number of unbranched alkanes of at least 4 members (excludes halogenated alkanes) is 14. The summed E-state index contributed by atoms with van der Waals surface area (Å²) in [6.07, 6.45) is 21.4. The van der Waals surface area contributed by atoms with Crippen molar-refractivity contribution in [2.24, 2.45) is 5.73 Å². The monoisotopic (exact) mass is 482 g/mol. The second-order valence-electron chi connectivity index (χ2n) is 9.05. The van der Waals surface area contributed by atoms with Crippen LogP contribution in [0.15, 0.2) is 24.4 Å². The highest BCUT2D eigenvalue weighted by atomic mass is 35.5. The minimum atomic E-state index is -0.418. The van der Waals surface area contributed by atoms with Crippen LogP contribution in [0.1, 0.15) is 128 Å². The van der Waals surface area contributed by atoms with E-state index in [9.17, 15) is 9.59 Å². The summed E-state index contributed by atoms with van der Waals surface area (Å²) >= 11 is 0. The molecule has 190 valence electrons. The number of rotatable bonds is 20. The van der Waals surface area contributed by atoms with Gasteiger partial charge in [-0.25, -0.2) is 0 Å². The van der Waals surface area contributed by atoms with Crippen LogP contribution in [0.4, 0.5) is 0 Å². The van der Waals surface area contributed by atoms with Crippen LogP contribution in [0.2, 0.25) is 0 Å². The van der Waals surface area contributed by atoms with Gasteiger partial charge in [0.15, 0.2) is 12.3 Å². The number of ether oxygens (including phenoxy) is 1. The first-order valence-electron chi connectivity index (χ1n) is 13.0. The molecular formula is C27H47ClN2O3. The number of primary amides is 1. The second-order valence-corrected chi connectivity index (χ2v) is 9.05. The molecule has 0 radical (unpaired) electrons. The molecule has 0 aliphatic carbocycles. The molecule has 1 amide bonds. The topological polar surface area (TPSA) is 73.3 Å². The van der Waals surface area contributed by atoms with E-state index in [0.29, 0.717) is 6.42 Å². The van der Waals surface area contributed by atoms with Gasteiger partial charge in [0.1, 0.15) is 0 Å². The van der Waals surface area contributed by atoms with E-state index in [-0.39, 0.29) is 24.9 Å². The third kappa shape index (κ3) is 16.6. The van der Waals surface area contributed by atoms with Gasteiger partial charge in [-0.3, -0.25) is 9.59 Å². The molecule has 1 atom stereocenters. The zero-order valence-corrected chi connectivity index (χ0v) is 21.8. The molecule has 0 saturated carbocycles. The molecule has 5 nitrogen and oxygen atoms in total. The number of carbonyl (C=O) groups excluding carboxylic acids is 2. The van der Waals surface area contributed by atoms with Gasteiger partial charge in [0.05, 0.1) is 0 Å². The average Bonchev–Trinajstić information content (AvgIpc) is 2.76. The second kappa shape index (κ2) is 20.9. The van der Waals surface area contributed by atoms with E-state index in [2.05, 4.69) is 6.92 Å². The first-order valence-corrected chi connectivity index (χ1v) is 13.0. The van der Waals surface area contributed by atoms with E-state index < -0.39 is 12.0 Å². The summed E-state index contributed by atoms with van der Waals surface area (Å²) in [6.45, 7) is 4.18. The van der Waals surface area contributed by atoms with Crippen molar-refractivity contribution >= 4 is 11.9 Å². The third-order valence-electron chi connectivity index (χ3n) is 6.01. The van der Waals surface area contributed by atoms with Crippen LogP contribution in [0.25, 0.3) is 0 Å². The molecular weight excluding hydrogens is 436 g/mol.